The Hall–Kier alpha value is -1.99. The van der Waals surface area contributed by atoms with Gasteiger partial charge in [0.05, 0.1) is 5.69 Å². The van der Waals surface area contributed by atoms with Gasteiger partial charge in [-0.3, -0.25) is 5.14 Å². The van der Waals surface area contributed by atoms with Crippen molar-refractivity contribution in [3.05, 3.63) is 65.0 Å². The van der Waals surface area contributed by atoms with E-state index < -0.39 is 11.9 Å². The Bertz CT molecular complexity index is 801. The molecule has 2 N–H and O–H groups in total. The second-order valence-electron chi connectivity index (χ2n) is 6.53. The predicted molar refractivity (Wildman–Crippen MR) is 116 cm³/mol. The van der Waals surface area contributed by atoms with Crippen LogP contribution >= 0.6 is 11.9 Å². The summed E-state index contributed by atoms with van der Waals surface area (Å²) in [5.74, 6) is 0. The summed E-state index contributed by atoms with van der Waals surface area (Å²) >= 11 is 1.08. The van der Waals surface area contributed by atoms with Crippen LogP contribution in [0, 0.1) is 6.92 Å². The Morgan fingerprint density at radius 1 is 0.966 bits per heavy atom. The predicted octanol–water partition coefficient (Wildman–Crippen LogP) is 7.25. The average Bonchev–Trinajstić information content (AvgIpc) is 3.00. The van der Waals surface area contributed by atoms with Crippen molar-refractivity contribution in [2.75, 3.05) is 0 Å². The molecule has 2 aromatic rings. The van der Waals surface area contributed by atoms with Gasteiger partial charge in [0.25, 0.3) is 0 Å². The molecule has 0 unspecified atom stereocenters. The van der Waals surface area contributed by atoms with Crippen LogP contribution in [0.1, 0.15) is 58.3 Å². The number of hydrogen-bond acceptors (Lipinski definition) is 3. The van der Waals surface area contributed by atoms with Crippen LogP contribution in [0.25, 0.3) is 5.69 Å². The van der Waals surface area contributed by atoms with Gasteiger partial charge in [-0.2, -0.15) is 18.3 Å². The first kappa shape index (κ1) is 25.0. The largest absolute Gasteiger partial charge is 0.435 e. The number of aromatic nitrogens is 2. The number of nitrogens with zero attached hydrogens (tertiary/aromatic N) is 2. The molecule has 0 fully saturated rings. The van der Waals surface area contributed by atoms with Crippen molar-refractivity contribution >= 4 is 11.9 Å². The van der Waals surface area contributed by atoms with E-state index in [9.17, 15) is 13.2 Å². The number of allylic oxidation sites excluding steroid dienone is 4. The fourth-order valence-electron chi connectivity index (χ4n) is 2.60. The number of nitrogens with two attached hydrogens (primary N) is 1. The molecule has 0 radical (unpaired) electrons. The molecule has 1 aromatic heterocycles. The van der Waals surface area contributed by atoms with Crippen molar-refractivity contribution in [2.45, 2.75) is 65.0 Å². The minimum Gasteiger partial charge on any atom is -0.274 e. The molecule has 160 valence electrons. The lowest BCUT2D eigenvalue weighted by molar-refractivity contribution is -0.141. The Morgan fingerprint density at radius 3 is 1.90 bits per heavy atom. The maximum absolute atomic E-state index is 12.5. The lowest BCUT2D eigenvalue weighted by atomic mass is 10.1. The van der Waals surface area contributed by atoms with Crippen molar-refractivity contribution in [1.29, 1.82) is 0 Å². The van der Waals surface area contributed by atoms with Crippen LogP contribution in [0.3, 0.4) is 0 Å². The summed E-state index contributed by atoms with van der Waals surface area (Å²) < 4.78 is 38.8. The zero-order valence-electron chi connectivity index (χ0n) is 17.7. The van der Waals surface area contributed by atoms with Gasteiger partial charge < -0.3 is 0 Å². The standard InChI is InChI=1S/C11H10F3N3S.C9H14.C2H6/c1-7-6-10(11(12,13)14)16-17(7)8-2-4-9(18-15)5-3-8;1-8-4-3-5-9(2)7-6-8;1-2/h2-6H,15H2,1H3;4-5H,3,6-7H2,1-2H3;1-2H3. The molecule has 0 spiro atoms. The zero-order chi connectivity index (χ0) is 22.0. The van der Waals surface area contributed by atoms with E-state index in [0.717, 1.165) is 29.3 Å². The van der Waals surface area contributed by atoms with E-state index in [2.05, 4.69) is 31.1 Å². The maximum Gasteiger partial charge on any atom is 0.435 e. The lowest BCUT2D eigenvalue weighted by Crippen LogP contribution is -2.07. The lowest BCUT2D eigenvalue weighted by Gasteiger charge is -2.05. The molecule has 0 saturated heterocycles. The summed E-state index contributed by atoms with van der Waals surface area (Å²) in [5.41, 5.74) is 3.19. The van der Waals surface area contributed by atoms with E-state index in [1.54, 1.807) is 42.3 Å². The van der Waals surface area contributed by atoms with Crippen molar-refractivity contribution in [3.63, 3.8) is 0 Å². The van der Waals surface area contributed by atoms with E-state index in [-0.39, 0.29) is 0 Å². The smallest absolute Gasteiger partial charge is 0.274 e. The van der Waals surface area contributed by atoms with Crippen molar-refractivity contribution in [3.8, 4) is 5.69 Å². The molecule has 1 aliphatic carbocycles. The summed E-state index contributed by atoms with van der Waals surface area (Å²) in [6.45, 7) is 10.0. The molecule has 0 saturated carbocycles. The van der Waals surface area contributed by atoms with Crippen molar-refractivity contribution in [2.24, 2.45) is 5.14 Å². The summed E-state index contributed by atoms with van der Waals surface area (Å²) in [4.78, 5) is 0.833. The van der Waals surface area contributed by atoms with Gasteiger partial charge in [0.2, 0.25) is 0 Å². The molecule has 1 aromatic carbocycles. The zero-order valence-corrected chi connectivity index (χ0v) is 18.5. The maximum atomic E-state index is 12.5. The summed E-state index contributed by atoms with van der Waals surface area (Å²) in [7, 11) is 0. The van der Waals surface area contributed by atoms with Crippen molar-refractivity contribution in [1.82, 2.24) is 9.78 Å². The van der Waals surface area contributed by atoms with Gasteiger partial charge in [0.1, 0.15) is 0 Å². The molecule has 0 atom stereocenters. The Balaban J connectivity index is 0.000000321. The van der Waals surface area contributed by atoms with Gasteiger partial charge in [-0.05, 0) is 82.3 Å². The minimum atomic E-state index is -4.43. The van der Waals surface area contributed by atoms with E-state index >= 15 is 0 Å². The average molecular weight is 426 g/mol. The molecule has 3 rings (SSSR count). The van der Waals surface area contributed by atoms with Crippen molar-refractivity contribution < 1.29 is 13.2 Å². The van der Waals surface area contributed by atoms with Crippen LogP contribution < -0.4 is 5.14 Å². The highest BCUT2D eigenvalue weighted by Gasteiger charge is 2.34. The third-order valence-corrected chi connectivity index (χ3v) is 4.79. The van der Waals surface area contributed by atoms with E-state index in [1.165, 1.54) is 17.5 Å². The monoisotopic (exact) mass is 425 g/mol. The molecule has 0 aliphatic heterocycles. The quantitative estimate of drug-likeness (QED) is 0.407. The first-order valence-electron chi connectivity index (χ1n) is 9.63. The van der Waals surface area contributed by atoms with Gasteiger partial charge in [0.15, 0.2) is 5.69 Å². The van der Waals surface area contributed by atoms with E-state index in [0.29, 0.717) is 11.4 Å². The van der Waals surface area contributed by atoms with E-state index in [1.807, 2.05) is 13.8 Å². The first-order valence-corrected chi connectivity index (χ1v) is 10.5. The highest BCUT2D eigenvalue weighted by molar-refractivity contribution is 7.97. The SMILES string of the molecule is CC.CC1=CCC=C(C)CC1.Cc1cc(C(F)(F)F)nn1-c1ccc(SN)cc1. The Kier molecular flexibility index (Phi) is 10.3. The molecule has 1 aliphatic rings. The van der Waals surface area contributed by atoms with Gasteiger partial charge >= 0.3 is 6.18 Å². The number of halogens is 3. The third-order valence-electron chi connectivity index (χ3n) is 4.24. The summed E-state index contributed by atoms with van der Waals surface area (Å²) in [6.07, 6.45) is 3.89. The number of alkyl halides is 3. The second kappa shape index (κ2) is 11.9. The highest BCUT2D eigenvalue weighted by Crippen LogP contribution is 2.29. The molecule has 29 heavy (non-hydrogen) atoms. The van der Waals surface area contributed by atoms with Crippen LogP contribution in [-0.2, 0) is 6.18 Å². The van der Waals surface area contributed by atoms with Gasteiger partial charge in [-0.25, -0.2) is 4.68 Å². The number of aryl methyl sites for hydroxylation is 1. The molecule has 7 heteroatoms. The summed E-state index contributed by atoms with van der Waals surface area (Å²) in [6, 6.07) is 7.83. The first-order chi connectivity index (χ1) is 13.7. The van der Waals surface area contributed by atoms with E-state index in [4.69, 9.17) is 5.14 Å². The van der Waals surface area contributed by atoms with Crippen LogP contribution in [0.5, 0.6) is 0 Å². The van der Waals surface area contributed by atoms with Crippen LogP contribution in [-0.4, -0.2) is 9.78 Å². The van der Waals surface area contributed by atoms with Gasteiger partial charge in [-0.1, -0.05) is 37.1 Å². The number of hydrogen-bond donors (Lipinski definition) is 1. The molecule has 0 bridgehead atoms. The fourth-order valence-corrected chi connectivity index (χ4v) is 2.89. The number of benzene rings is 1. The van der Waals surface area contributed by atoms with Crippen LogP contribution in [0.2, 0.25) is 0 Å². The molecule has 3 nitrogen and oxygen atoms in total. The molecular formula is C22H30F3N3S. The molecule has 0 amide bonds. The second-order valence-corrected chi connectivity index (χ2v) is 7.24. The number of rotatable bonds is 2. The normalized spacial score (nSPS) is 13.8. The topological polar surface area (TPSA) is 43.8 Å². The fraction of sp³-hybridized carbons (Fsp3) is 0.409. The molecular weight excluding hydrogens is 395 g/mol. The third kappa shape index (κ3) is 8.11. The minimum absolute atomic E-state index is 0.426. The van der Waals surface area contributed by atoms with Gasteiger partial charge in [0, 0.05) is 10.6 Å². The Labute approximate surface area is 176 Å². The van der Waals surface area contributed by atoms with Crippen LogP contribution in [0.4, 0.5) is 13.2 Å². The Morgan fingerprint density at radius 2 is 1.48 bits per heavy atom. The van der Waals surface area contributed by atoms with Gasteiger partial charge in [-0.15, -0.1) is 0 Å². The summed E-state index contributed by atoms with van der Waals surface area (Å²) in [5, 5.41) is 8.94. The molecule has 1 heterocycles. The highest BCUT2D eigenvalue weighted by atomic mass is 32.2. The van der Waals surface area contributed by atoms with Crippen LogP contribution in [0.15, 0.2) is 58.5 Å².